The smallest absolute Gasteiger partial charge is 0.0693 e. The van der Waals surface area contributed by atoms with Gasteiger partial charge in [-0.15, -0.1) is 0 Å². The van der Waals surface area contributed by atoms with Crippen molar-refractivity contribution in [1.82, 2.24) is 15.1 Å². The maximum atomic E-state index is 4.66. The Morgan fingerprint density at radius 3 is 2.53 bits per heavy atom. The van der Waals surface area contributed by atoms with Crippen molar-refractivity contribution in [3.8, 4) is 5.69 Å². The van der Waals surface area contributed by atoms with Crippen LogP contribution in [0.2, 0.25) is 0 Å². The molecule has 0 saturated carbocycles. The Kier molecular flexibility index (Phi) is 4.38. The Hall–Kier alpha value is -1.61. The second-order valence-electron chi connectivity index (χ2n) is 5.01. The predicted octanol–water partition coefficient (Wildman–Crippen LogP) is 3.30. The summed E-state index contributed by atoms with van der Waals surface area (Å²) in [5.41, 5.74) is 6.08. The number of aromatic nitrogens is 2. The summed E-state index contributed by atoms with van der Waals surface area (Å²) in [6.07, 6.45) is 1.15. The van der Waals surface area contributed by atoms with Gasteiger partial charge in [0, 0.05) is 12.2 Å². The lowest BCUT2D eigenvalue weighted by Gasteiger charge is -2.12. The second-order valence-corrected chi connectivity index (χ2v) is 5.01. The highest BCUT2D eigenvalue weighted by molar-refractivity contribution is 5.43. The van der Waals surface area contributed by atoms with Gasteiger partial charge in [-0.2, -0.15) is 5.10 Å². The molecule has 0 aliphatic carbocycles. The summed E-state index contributed by atoms with van der Waals surface area (Å²) < 4.78 is 2.06. The van der Waals surface area contributed by atoms with Crippen LogP contribution in [0.4, 0.5) is 0 Å². The van der Waals surface area contributed by atoms with Gasteiger partial charge in [0.15, 0.2) is 0 Å². The van der Waals surface area contributed by atoms with Gasteiger partial charge in [0.05, 0.1) is 11.4 Å². The summed E-state index contributed by atoms with van der Waals surface area (Å²) in [5, 5.41) is 8.12. The molecule has 2 rings (SSSR count). The van der Waals surface area contributed by atoms with Gasteiger partial charge in [-0.25, -0.2) is 4.68 Å². The molecular formula is C16H23N3. The van der Waals surface area contributed by atoms with Gasteiger partial charge in [0.25, 0.3) is 0 Å². The minimum atomic E-state index is 0.890. The fourth-order valence-corrected chi connectivity index (χ4v) is 2.22. The molecule has 0 bridgehead atoms. The van der Waals surface area contributed by atoms with E-state index in [1.807, 2.05) is 0 Å². The molecule has 0 unspecified atom stereocenters. The van der Waals surface area contributed by atoms with Crippen molar-refractivity contribution in [3.05, 3.63) is 46.8 Å². The number of aryl methyl sites for hydroxylation is 1. The van der Waals surface area contributed by atoms with E-state index in [4.69, 9.17) is 0 Å². The predicted molar refractivity (Wildman–Crippen MR) is 79.8 cm³/mol. The third-order valence-corrected chi connectivity index (χ3v) is 3.62. The van der Waals surface area contributed by atoms with Gasteiger partial charge in [-0.3, -0.25) is 0 Å². The lowest BCUT2D eigenvalue weighted by molar-refractivity contribution is 0.669. The molecule has 1 aromatic heterocycles. The molecule has 0 atom stereocenters. The van der Waals surface area contributed by atoms with Gasteiger partial charge >= 0.3 is 0 Å². The maximum Gasteiger partial charge on any atom is 0.0693 e. The molecule has 19 heavy (non-hydrogen) atoms. The maximum absolute atomic E-state index is 4.66. The lowest BCUT2D eigenvalue weighted by atomic mass is 10.1. The Labute approximate surface area is 115 Å². The first-order valence-corrected chi connectivity index (χ1v) is 6.97. The van der Waals surface area contributed by atoms with Gasteiger partial charge in [0.2, 0.25) is 0 Å². The molecular weight excluding hydrogens is 234 g/mol. The largest absolute Gasteiger partial charge is 0.313 e. The van der Waals surface area contributed by atoms with Crippen LogP contribution in [0.15, 0.2) is 24.3 Å². The fourth-order valence-electron chi connectivity index (χ4n) is 2.22. The van der Waals surface area contributed by atoms with E-state index < -0.39 is 0 Å². The number of para-hydroxylation sites is 1. The van der Waals surface area contributed by atoms with Crippen molar-refractivity contribution in [2.24, 2.45) is 0 Å². The number of hydrogen-bond acceptors (Lipinski definition) is 2. The van der Waals surface area contributed by atoms with Crippen LogP contribution < -0.4 is 5.32 Å². The molecule has 0 radical (unpaired) electrons. The van der Waals surface area contributed by atoms with E-state index in [-0.39, 0.29) is 0 Å². The Morgan fingerprint density at radius 1 is 1.16 bits per heavy atom. The topological polar surface area (TPSA) is 29.9 Å². The van der Waals surface area contributed by atoms with Crippen LogP contribution in [0.3, 0.4) is 0 Å². The lowest BCUT2D eigenvalue weighted by Crippen LogP contribution is -2.16. The molecule has 0 saturated heterocycles. The van der Waals surface area contributed by atoms with E-state index >= 15 is 0 Å². The molecule has 0 fully saturated rings. The standard InChI is InChI=1S/C16H23N3/c1-5-10-17-11-15-8-6-7-9-16(15)19-14(4)12(2)13(3)18-19/h6-9,17H,5,10-11H2,1-4H3. The Morgan fingerprint density at radius 2 is 1.89 bits per heavy atom. The van der Waals surface area contributed by atoms with Crippen LogP contribution in [-0.4, -0.2) is 16.3 Å². The molecule has 0 amide bonds. The highest BCUT2D eigenvalue weighted by Gasteiger charge is 2.11. The van der Waals surface area contributed by atoms with Gasteiger partial charge in [0.1, 0.15) is 0 Å². The van der Waals surface area contributed by atoms with E-state index in [0.717, 1.165) is 25.2 Å². The molecule has 0 aliphatic rings. The van der Waals surface area contributed by atoms with Crippen molar-refractivity contribution in [2.45, 2.75) is 40.7 Å². The summed E-state index contributed by atoms with van der Waals surface area (Å²) >= 11 is 0. The van der Waals surface area contributed by atoms with E-state index in [9.17, 15) is 0 Å². The molecule has 102 valence electrons. The van der Waals surface area contributed by atoms with E-state index in [0.29, 0.717) is 0 Å². The first-order valence-electron chi connectivity index (χ1n) is 6.97. The van der Waals surface area contributed by atoms with Crippen LogP contribution in [-0.2, 0) is 6.54 Å². The summed E-state index contributed by atoms with van der Waals surface area (Å²) in [6.45, 7) is 10.4. The average molecular weight is 257 g/mol. The minimum Gasteiger partial charge on any atom is -0.313 e. The molecule has 1 N–H and O–H groups in total. The van der Waals surface area contributed by atoms with Crippen LogP contribution in [0.1, 0.15) is 35.9 Å². The van der Waals surface area contributed by atoms with Crippen LogP contribution in [0, 0.1) is 20.8 Å². The van der Waals surface area contributed by atoms with Crippen LogP contribution in [0.25, 0.3) is 5.69 Å². The fraction of sp³-hybridized carbons (Fsp3) is 0.438. The van der Waals surface area contributed by atoms with Crippen molar-refractivity contribution in [2.75, 3.05) is 6.54 Å². The van der Waals surface area contributed by atoms with E-state index in [2.05, 4.69) is 67.1 Å². The molecule has 1 heterocycles. The number of nitrogens with one attached hydrogen (secondary N) is 1. The first kappa shape index (κ1) is 13.8. The zero-order valence-electron chi connectivity index (χ0n) is 12.3. The molecule has 0 aliphatic heterocycles. The van der Waals surface area contributed by atoms with E-state index in [1.54, 1.807) is 0 Å². The summed E-state index contributed by atoms with van der Waals surface area (Å²) in [5.74, 6) is 0. The highest BCUT2D eigenvalue weighted by atomic mass is 15.3. The van der Waals surface area contributed by atoms with Gasteiger partial charge < -0.3 is 5.32 Å². The molecule has 1 aromatic carbocycles. The van der Waals surface area contributed by atoms with E-state index in [1.165, 1.54) is 22.5 Å². The number of benzene rings is 1. The minimum absolute atomic E-state index is 0.890. The highest BCUT2D eigenvalue weighted by Crippen LogP contribution is 2.19. The molecule has 3 nitrogen and oxygen atoms in total. The Bertz CT molecular complexity index is 555. The number of rotatable bonds is 5. The van der Waals surface area contributed by atoms with Crippen LogP contribution in [0.5, 0.6) is 0 Å². The van der Waals surface area contributed by atoms with Crippen molar-refractivity contribution in [1.29, 1.82) is 0 Å². The first-order chi connectivity index (χ1) is 9.15. The van der Waals surface area contributed by atoms with Crippen molar-refractivity contribution >= 4 is 0 Å². The molecule has 0 spiro atoms. The summed E-state index contributed by atoms with van der Waals surface area (Å²) in [4.78, 5) is 0. The van der Waals surface area contributed by atoms with Crippen molar-refractivity contribution < 1.29 is 0 Å². The summed E-state index contributed by atoms with van der Waals surface area (Å²) in [7, 11) is 0. The third kappa shape index (κ3) is 2.87. The van der Waals surface area contributed by atoms with Crippen LogP contribution >= 0.6 is 0 Å². The monoisotopic (exact) mass is 257 g/mol. The molecule has 3 heteroatoms. The van der Waals surface area contributed by atoms with Crippen molar-refractivity contribution in [3.63, 3.8) is 0 Å². The third-order valence-electron chi connectivity index (χ3n) is 3.62. The summed E-state index contributed by atoms with van der Waals surface area (Å²) in [6, 6.07) is 8.47. The number of hydrogen-bond donors (Lipinski definition) is 1. The number of nitrogens with zero attached hydrogens (tertiary/aromatic N) is 2. The Balaban J connectivity index is 2.36. The van der Waals surface area contributed by atoms with Gasteiger partial charge in [-0.05, 0) is 50.9 Å². The SMILES string of the molecule is CCCNCc1ccccc1-n1nc(C)c(C)c1C. The zero-order valence-corrected chi connectivity index (χ0v) is 12.3. The normalized spacial score (nSPS) is 10.9. The van der Waals surface area contributed by atoms with Gasteiger partial charge in [-0.1, -0.05) is 25.1 Å². The molecule has 2 aromatic rings. The second kappa shape index (κ2) is 6.02. The average Bonchev–Trinajstić information content (AvgIpc) is 2.67. The zero-order chi connectivity index (χ0) is 13.8. The quantitative estimate of drug-likeness (QED) is 0.833.